The molecule has 1 N–H and O–H groups in total. The van der Waals surface area contributed by atoms with Crippen molar-refractivity contribution in [2.75, 3.05) is 7.11 Å². The first-order valence-corrected chi connectivity index (χ1v) is 7.52. The van der Waals surface area contributed by atoms with Crippen molar-refractivity contribution < 1.29 is 14.6 Å². The van der Waals surface area contributed by atoms with E-state index in [0.717, 1.165) is 15.8 Å². The Labute approximate surface area is 136 Å². The second kappa shape index (κ2) is 5.92. The molecule has 22 heavy (non-hydrogen) atoms. The lowest BCUT2D eigenvalue weighted by molar-refractivity contribution is -0.139. The van der Waals surface area contributed by atoms with Crippen LogP contribution < -0.4 is 4.74 Å². The molecule has 2 aliphatic heterocycles. The first kappa shape index (κ1) is 14.8. The Morgan fingerprint density at radius 2 is 2.14 bits per heavy atom. The van der Waals surface area contributed by atoms with Gasteiger partial charge >= 0.3 is 5.97 Å². The number of carboxylic acids is 1. The second-order valence-corrected chi connectivity index (χ2v) is 5.90. The van der Waals surface area contributed by atoms with Crippen molar-refractivity contribution in [2.24, 2.45) is 9.98 Å². The summed E-state index contributed by atoms with van der Waals surface area (Å²) < 4.78 is 5.98. The molecule has 0 radical (unpaired) electrons. The Morgan fingerprint density at radius 3 is 2.77 bits per heavy atom. The van der Waals surface area contributed by atoms with Gasteiger partial charge < -0.3 is 14.7 Å². The summed E-state index contributed by atoms with van der Waals surface area (Å²) in [6.45, 7) is 0. The summed E-state index contributed by atoms with van der Waals surface area (Å²) in [4.78, 5) is 21.7. The monoisotopic (exact) mass is 363 g/mol. The number of aliphatic imine (C=N–C) groups is 2. The van der Waals surface area contributed by atoms with Crippen LogP contribution in [0.2, 0.25) is 0 Å². The van der Waals surface area contributed by atoms with E-state index >= 15 is 0 Å². The lowest BCUT2D eigenvalue weighted by Crippen LogP contribution is -2.40. The Balaban J connectivity index is 1.99. The van der Waals surface area contributed by atoms with Crippen LogP contribution in [0.25, 0.3) is 0 Å². The molecular weight excluding hydrogens is 350 g/mol. The van der Waals surface area contributed by atoms with Gasteiger partial charge in [-0.15, -0.1) is 0 Å². The number of guanidine groups is 1. The minimum Gasteiger partial charge on any atom is -0.497 e. The van der Waals surface area contributed by atoms with Crippen molar-refractivity contribution >= 4 is 34.1 Å². The number of carboxylic acid groups (broad SMARTS) is 1. The van der Waals surface area contributed by atoms with E-state index in [0.29, 0.717) is 12.4 Å². The average molecular weight is 364 g/mol. The smallest absolute Gasteiger partial charge is 0.328 e. The molecule has 0 bridgehead atoms. The van der Waals surface area contributed by atoms with Crippen molar-refractivity contribution in [3.8, 4) is 5.75 Å². The number of nitrogens with zero attached hydrogens (tertiary/aromatic N) is 3. The zero-order valence-electron chi connectivity index (χ0n) is 11.8. The van der Waals surface area contributed by atoms with Gasteiger partial charge in [0.25, 0.3) is 0 Å². The first-order chi connectivity index (χ1) is 10.6. The van der Waals surface area contributed by atoms with Gasteiger partial charge in [0.1, 0.15) is 5.75 Å². The summed E-state index contributed by atoms with van der Waals surface area (Å²) >= 11 is 3.40. The standard InChI is InChI=1S/C15H14BrN3O3/c1-22-11-4-2-9(3-5-11)13-6-12(14(20)21)18-15-17-7-10(16)8-19(13)15/h2-5,7-8,12-13H,6H2,1H3,(H,20,21). The normalized spacial score (nSPS) is 23.5. The number of aliphatic carboxylic acids is 1. The van der Waals surface area contributed by atoms with Gasteiger partial charge in [-0.2, -0.15) is 0 Å². The number of methoxy groups -OCH3 is 1. The number of benzene rings is 1. The van der Waals surface area contributed by atoms with Crippen LogP contribution in [0.1, 0.15) is 18.0 Å². The Bertz CT molecular complexity index is 682. The van der Waals surface area contributed by atoms with Crippen molar-refractivity contribution in [1.82, 2.24) is 4.90 Å². The molecule has 0 spiro atoms. The third-order valence-electron chi connectivity index (χ3n) is 3.64. The number of allylic oxidation sites excluding steroid dienone is 1. The minimum absolute atomic E-state index is 0.135. The first-order valence-electron chi connectivity index (χ1n) is 6.73. The highest BCUT2D eigenvalue weighted by molar-refractivity contribution is 9.12. The summed E-state index contributed by atoms with van der Waals surface area (Å²) in [5.41, 5.74) is 0.994. The molecule has 0 saturated carbocycles. The average Bonchev–Trinajstić information content (AvgIpc) is 2.54. The van der Waals surface area contributed by atoms with E-state index < -0.39 is 12.0 Å². The largest absolute Gasteiger partial charge is 0.497 e. The summed E-state index contributed by atoms with van der Waals surface area (Å²) in [6.07, 6.45) is 3.88. The van der Waals surface area contributed by atoms with Crippen molar-refractivity contribution in [2.45, 2.75) is 18.5 Å². The molecule has 1 aromatic rings. The topological polar surface area (TPSA) is 74.5 Å². The van der Waals surface area contributed by atoms with Crippen LogP contribution in [-0.2, 0) is 4.79 Å². The molecule has 1 aromatic carbocycles. The van der Waals surface area contributed by atoms with Gasteiger partial charge in [0.15, 0.2) is 6.04 Å². The molecule has 0 aromatic heterocycles. The summed E-state index contributed by atoms with van der Waals surface area (Å²) in [7, 11) is 1.61. The maximum Gasteiger partial charge on any atom is 0.328 e. The quantitative estimate of drug-likeness (QED) is 0.895. The van der Waals surface area contributed by atoms with Gasteiger partial charge in [-0.1, -0.05) is 12.1 Å². The Hall–Kier alpha value is -2.15. The number of fused-ring (bicyclic) bond motifs is 1. The van der Waals surface area contributed by atoms with Gasteiger partial charge in [0.2, 0.25) is 5.96 Å². The SMILES string of the molecule is COc1ccc(C2CC(C(=O)O)N=C3N=CC(Br)=CN32)cc1. The molecule has 0 saturated heterocycles. The number of rotatable bonds is 3. The van der Waals surface area contributed by atoms with Crippen molar-refractivity contribution in [1.29, 1.82) is 0 Å². The van der Waals surface area contributed by atoms with E-state index in [1.165, 1.54) is 0 Å². The van der Waals surface area contributed by atoms with Crippen LogP contribution in [-0.4, -0.2) is 41.3 Å². The van der Waals surface area contributed by atoms with E-state index in [1.807, 2.05) is 35.4 Å². The summed E-state index contributed by atoms with van der Waals surface area (Å²) in [5.74, 6) is 0.244. The maximum atomic E-state index is 11.3. The number of hydrogen-bond donors (Lipinski definition) is 1. The Morgan fingerprint density at radius 1 is 1.41 bits per heavy atom. The number of halogens is 1. The number of carbonyl (C=O) groups is 1. The highest BCUT2D eigenvalue weighted by Crippen LogP contribution is 2.34. The van der Waals surface area contributed by atoms with E-state index in [4.69, 9.17) is 4.74 Å². The fourth-order valence-corrected chi connectivity index (χ4v) is 2.86. The van der Waals surface area contributed by atoms with Crippen molar-refractivity contribution in [3.63, 3.8) is 0 Å². The summed E-state index contributed by atoms with van der Waals surface area (Å²) in [5, 5.41) is 9.31. The van der Waals surface area contributed by atoms with Crippen LogP contribution in [0.5, 0.6) is 5.75 Å². The zero-order chi connectivity index (χ0) is 15.7. The van der Waals surface area contributed by atoms with Gasteiger partial charge in [-0.05, 0) is 33.6 Å². The fourth-order valence-electron chi connectivity index (χ4n) is 2.54. The Kier molecular flexibility index (Phi) is 3.98. The number of hydrogen-bond acceptors (Lipinski definition) is 5. The fraction of sp³-hybridized carbons (Fsp3) is 0.267. The molecule has 6 nitrogen and oxygen atoms in total. The van der Waals surface area contributed by atoms with E-state index in [9.17, 15) is 9.90 Å². The molecule has 2 heterocycles. The maximum absolute atomic E-state index is 11.3. The van der Waals surface area contributed by atoms with Crippen LogP contribution in [0.15, 0.2) is 44.9 Å². The van der Waals surface area contributed by atoms with Gasteiger partial charge in [-0.3, -0.25) is 0 Å². The molecule has 2 atom stereocenters. The highest BCUT2D eigenvalue weighted by Gasteiger charge is 2.35. The molecule has 3 rings (SSSR count). The molecule has 0 aliphatic carbocycles. The molecule has 2 unspecified atom stereocenters. The van der Waals surface area contributed by atoms with Crippen LogP contribution in [0.3, 0.4) is 0 Å². The van der Waals surface area contributed by atoms with Gasteiger partial charge in [-0.25, -0.2) is 14.8 Å². The molecule has 0 fully saturated rings. The second-order valence-electron chi connectivity index (χ2n) is 4.99. The highest BCUT2D eigenvalue weighted by atomic mass is 79.9. The van der Waals surface area contributed by atoms with E-state index in [-0.39, 0.29) is 6.04 Å². The molecule has 114 valence electrons. The predicted molar refractivity (Wildman–Crippen MR) is 86.6 cm³/mol. The predicted octanol–water partition coefficient (Wildman–Crippen LogP) is 2.57. The van der Waals surface area contributed by atoms with Crippen LogP contribution >= 0.6 is 15.9 Å². The lowest BCUT2D eigenvalue weighted by Gasteiger charge is -2.36. The molecule has 2 aliphatic rings. The zero-order valence-corrected chi connectivity index (χ0v) is 13.4. The number of ether oxygens (including phenoxy) is 1. The molecular formula is C15H14BrN3O3. The third-order valence-corrected chi connectivity index (χ3v) is 4.05. The van der Waals surface area contributed by atoms with Crippen molar-refractivity contribution in [3.05, 3.63) is 40.5 Å². The molecule has 7 heteroatoms. The van der Waals surface area contributed by atoms with Gasteiger partial charge in [0, 0.05) is 18.8 Å². The molecule has 0 amide bonds. The van der Waals surface area contributed by atoms with Crippen LogP contribution in [0.4, 0.5) is 0 Å². The minimum atomic E-state index is -0.936. The van der Waals surface area contributed by atoms with Crippen LogP contribution in [0, 0.1) is 0 Å². The summed E-state index contributed by atoms with van der Waals surface area (Å²) in [6, 6.07) is 6.67. The van der Waals surface area contributed by atoms with Gasteiger partial charge in [0.05, 0.1) is 17.6 Å². The van der Waals surface area contributed by atoms with E-state index in [1.54, 1.807) is 13.3 Å². The lowest BCUT2D eigenvalue weighted by atomic mass is 9.96. The van der Waals surface area contributed by atoms with E-state index in [2.05, 4.69) is 25.9 Å². The third kappa shape index (κ3) is 2.76.